The van der Waals surface area contributed by atoms with Gasteiger partial charge in [-0.05, 0) is 48.2 Å². The van der Waals surface area contributed by atoms with Gasteiger partial charge in [0.25, 0.3) is 0 Å². The van der Waals surface area contributed by atoms with E-state index in [1.807, 2.05) is 54.6 Å². The van der Waals surface area contributed by atoms with E-state index in [2.05, 4.69) is 25.8 Å². The smallest absolute Gasteiger partial charge is 0.490 e. The molecule has 1 fully saturated rings. The Balaban J connectivity index is 0.000000608. The molecule has 0 saturated carbocycles. The van der Waals surface area contributed by atoms with Gasteiger partial charge in [-0.15, -0.1) is 0 Å². The van der Waals surface area contributed by atoms with E-state index in [4.69, 9.17) is 40.9 Å². The van der Waals surface area contributed by atoms with Crippen LogP contribution in [0.15, 0.2) is 95.8 Å². The van der Waals surface area contributed by atoms with Gasteiger partial charge in [-0.1, -0.05) is 66.2 Å². The number of para-hydroxylation sites is 1. The number of phenols is 1. The van der Waals surface area contributed by atoms with E-state index < -0.39 is 36.5 Å². The third kappa shape index (κ3) is 16.2. The highest BCUT2D eigenvalue weighted by atomic mass is 35.5. The van der Waals surface area contributed by atoms with E-state index >= 15 is 0 Å². The van der Waals surface area contributed by atoms with Crippen molar-refractivity contribution < 1.29 is 75.4 Å². The lowest BCUT2D eigenvalue weighted by Gasteiger charge is -2.31. The topological polar surface area (TPSA) is 240 Å². The summed E-state index contributed by atoms with van der Waals surface area (Å²) in [4.78, 5) is 60.0. The van der Waals surface area contributed by atoms with Crippen LogP contribution in [0.1, 0.15) is 36.5 Å². The number of aromatic hydroxyl groups is 1. The molecule has 1 saturated heterocycles. The van der Waals surface area contributed by atoms with Gasteiger partial charge in [0.05, 0.1) is 35.1 Å². The number of phenolic OH excluding ortho intramolecular Hbond substituents is 1. The average molecular weight is 968 g/mol. The van der Waals surface area contributed by atoms with Gasteiger partial charge in [-0.25, -0.2) is 14.4 Å². The summed E-state index contributed by atoms with van der Waals surface area (Å²) < 4.78 is 74.8. The minimum Gasteiger partial charge on any atom is -0.506 e. The van der Waals surface area contributed by atoms with E-state index in [0.29, 0.717) is 72.1 Å². The number of carboxylic acid groups (broad SMARTS) is 2. The number of aliphatic hydroxyl groups is 1. The van der Waals surface area contributed by atoms with Crippen molar-refractivity contribution in [3.8, 4) is 22.6 Å². The van der Waals surface area contributed by atoms with Crippen molar-refractivity contribution >= 4 is 57.8 Å². The number of carbonyl (C=O) groups is 4. The number of fused-ring (bicyclic) bond motifs is 1. The molecule has 0 unspecified atom stereocenters. The van der Waals surface area contributed by atoms with Crippen LogP contribution < -0.4 is 26.2 Å². The zero-order valence-electron chi connectivity index (χ0n) is 35.2. The third-order valence-corrected chi connectivity index (χ3v) is 10.1. The summed E-state index contributed by atoms with van der Waals surface area (Å²) in [7, 11) is 1.52. The predicted molar refractivity (Wildman–Crippen MR) is 233 cm³/mol. The number of rotatable bonds is 13. The number of likely N-dealkylation sites (tertiary alicyclic amines) is 1. The second-order valence-corrected chi connectivity index (χ2v) is 14.9. The molecule has 6 rings (SSSR count). The number of ether oxygens (including phenoxy) is 2. The van der Waals surface area contributed by atoms with Crippen LogP contribution in [-0.2, 0) is 25.7 Å². The average Bonchev–Trinajstić information content (AvgIpc) is 3.27. The molecule has 0 bridgehead atoms. The van der Waals surface area contributed by atoms with Crippen molar-refractivity contribution in [1.29, 1.82) is 0 Å². The van der Waals surface area contributed by atoms with Crippen LogP contribution in [0.4, 0.5) is 42.5 Å². The number of alkyl halides is 6. The number of amides is 2. The van der Waals surface area contributed by atoms with Crippen molar-refractivity contribution in [2.45, 2.75) is 50.4 Å². The molecule has 2 amide bonds. The van der Waals surface area contributed by atoms with Gasteiger partial charge in [0.15, 0.2) is 0 Å². The summed E-state index contributed by atoms with van der Waals surface area (Å²) in [6.07, 6.45) is -10.2. The molecule has 0 spiro atoms. The number of hydrogen-bond acceptors (Lipinski definition) is 11. The van der Waals surface area contributed by atoms with Gasteiger partial charge in [0.2, 0.25) is 11.5 Å². The predicted octanol–water partition coefficient (Wildman–Crippen LogP) is 7.69. The van der Waals surface area contributed by atoms with Crippen LogP contribution in [0.25, 0.3) is 22.0 Å². The number of aromatic amines is 1. The monoisotopic (exact) mass is 967 g/mol. The van der Waals surface area contributed by atoms with Crippen molar-refractivity contribution in [2.24, 2.45) is 0 Å². The molecular weight excluding hydrogens is 924 g/mol. The number of benzene rings is 4. The fraction of sp³-hybridized carbons (Fsp3) is 0.295. The van der Waals surface area contributed by atoms with Crippen LogP contribution in [0.3, 0.4) is 0 Å². The first kappa shape index (κ1) is 52.7. The fourth-order valence-corrected chi connectivity index (χ4v) is 6.73. The Kier molecular flexibility index (Phi) is 18.9. The lowest BCUT2D eigenvalue weighted by atomic mass is 10.0. The number of methoxy groups -OCH3 is 1. The number of carbonyl (C=O) groups excluding carboxylic acids is 2. The minimum absolute atomic E-state index is 0.0800. The molecule has 0 radical (unpaired) electrons. The molecule has 1 aliphatic rings. The van der Waals surface area contributed by atoms with Crippen LogP contribution in [0.5, 0.6) is 11.5 Å². The van der Waals surface area contributed by atoms with Crippen molar-refractivity contribution in [3.63, 3.8) is 0 Å². The van der Waals surface area contributed by atoms with E-state index in [9.17, 15) is 50.9 Å². The first-order chi connectivity index (χ1) is 31.6. The fourth-order valence-electron chi connectivity index (χ4n) is 6.50. The highest BCUT2D eigenvalue weighted by Crippen LogP contribution is 2.33. The molecule has 2 heterocycles. The van der Waals surface area contributed by atoms with Crippen molar-refractivity contribution in [2.75, 3.05) is 43.9 Å². The molecule has 1 atom stereocenters. The van der Waals surface area contributed by atoms with Gasteiger partial charge >= 0.3 is 30.4 Å². The Bertz CT molecular complexity index is 2530. The van der Waals surface area contributed by atoms with Gasteiger partial charge in [-0.3, -0.25) is 14.9 Å². The lowest BCUT2D eigenvalue weighted by Crippen LogP contribution is -2.39. The highest BCUT2D eigenvalue weighted by molar-refractivity contribution is 6.33. The van der Waals surface area contributed by atoms with E-state index in [1.165, 1.54) is 19.2 Å². The van der Waals surface area contributed by atoms with Gasteiger partial charge in [-0.2, -0.15) is 26.3 Å². The molecule has 8 N–H and O–H groups in total. The lowest BCUT2D eigenvalue weighted by molar-refractivity contribution is -0.193. The van der Waals surface area contributed by atoms with Crippen LogP contribution in [0.2, 0.25) is 5.02 Å². The van der Waals surface area contributed by atoms with E-state index in [1.54, 1.807) is 24.3 Å². The number of halogens is 7. The SMILES string of the molecule is COc1cc(NC(=O)CCN2CCC(OC(=O)Nc3ccccc3-c3ccccc3)CC2)c(Cl)cc1CNC[C@H](O)c1ccc(O)c2[nH]c(=O)ccc12.O=C(O)C(F)(F)F.O=C(O)C(F)(F)F. The normalized spacial score (nSPS) is 13.5. The quantitative estimate of drug-likeness (QED) is 0.0529. The molecule has 360 valence electrons. The number of aromatic nitrogens is 1. The Hall–Kier alpha value is -6.88. The molecule has 5 aromatic rings. The second kappa shape index (κ2) is 24.1. The minimum atomic E-state index is -5.08. The summed E-state index contributed by atoms with van der Waals surface area (Å²) >= 11 is 6.57. The number of H-pyrrole nitrogens is 1. The van der Waals surface area contributed by atoms with Crippen LogP contribution in [0, 0.1) is 0 Å². The zero-order chi connectivity index (χ0) is 49.5. The molecule has 67 heavy (non-hydrogen) atoms. The summed E-state index contributed by atoms with van der Waals surface area (Å²) in [5.74, 6) is -5.28. The van der Waals surface area contributed by atoms with E-state index in [0.717, 1.165) is 16.7 Å². The van der Waals surface area contributed by atoms with Crippen molar-refractivity contribution in [3.05, 3.63) is 117 Å². The maximum atomic E-state index is 12.9. The number of aliphatic hydroxyl groups excluding tert-OH is 1. The molecule has 16 nitrogen and oxygen atoms in total. The number of aliphatic carboxylic acids is 2. The number of pyridine rings is 1. The maximum absolute atomic E-state index is 12.9. The number of anilines is 2. The Morgan fingerprint density at radius 2 is 1.46 bits per heavy atom. The van der Waals surface area contributed by atoms with Crippen LogP contribution >= 0.6 is 11.6 Å². The molecule has 4 aromatic carbocycles. The Morgan fingerprint density at radius 1 is 0.851 bits per heavy atom. The molecule has 23 heteroatoms. The van der Waals surface area contributed by atoms with Gasteiger partial charge in [0, 0.05) is 67.8 Å². The number of hydrogen-bond donors (Lipinski definition) is 8. The molecule has 1 aliphatic heterocycles. The van der Waals surface area contributed by atoms with Crippen molar-refractivity contribution in [1.82, 2.24) is 15.2 Å². The largest absolute Gasteiger partial charge is 0.506 e. The summed E-state index contributed by atoms with van der Waals surface area (Å²) in [6, 6.07) is 26.8. The van der Waals surface area contributed by atoms with Gasteiger partial charge in [0.1, 0.15) is 17.6 Å². The number of nitrogens with one attached hydrogen (secondary N) is 4. The zero-order valence-corrected chi connectivity index (χ0v) is 36.0. The maximum Gasteiger partial charge on any atom is 0.490 e. The summed E-state index contributed by atoms with van der Waals surface area (Å²) in [6.45, 7) is 2.40. The Labute approximate surface area is 382 Å². The highest BCUT2D eigenvalue weighted by Gasteiger charge is 2.39. The van der Waals surface area contributed by atoms with E-state index in [-0.39, 0.29) is 41.8 Å². The molecule has 0 aliphatic carbocycles. The first-order valence-electron chi connectivity index (χ1n) is 19.9. The molecular formula is C44H44ClF6N5O11. The number of carboxylic acids is 2. The Morgan fingerprint density at radius 3 is 2.07 bits per heavy atom. The second-order valence-electron chi connectivity index (χ2n) is 14.5. The number of piperidine rings is 1. The number of nitrogens with zero attached hydrogens (tertiary/aromatic N) is 1. The summed E-state index contributed by atoms with van der Waals surface area (Å²) in [5.41, 5.74) is 4.21. The standard InChI is InChI=1S/C40H42ClN5O7.2C2HF3O2/c1-52-36-22-33(31(41)21-26(36)23-42-24-35(48)29-11-13-34(47)39-30(29)12-14-37(49)45-39)43-38(50)17-20-46-18-15-27(16-19-46)53-40(51)44-32-10-6-5-9-28(32)25-7-3-2-4-8-25;2*3-2(4,5)1(6)7/h2-14,21-22,27,35,42,47-48H,15-20,23-24H2,1H3,(H,43,50)(H,44,51)(H,45,49);2*(H,6,7)/t35-;;/m0../s1. The van der Waals surface area contributed by atoms with Gasteiger partial charge < -0.3 is 50.4 Å². The third-order valence-electron chi connectivity index (χ3n) is 9.76. The summed E-state index contributed by atoms with van der Waals surface area (Å²) in [5, 5.41) is 45.1. The first-order valence-corrected chi connectivity index (χ1v) is 20.3. The van der Waals surface area contributed by atoms with Crippen LogP contribution in [-0.4, -0.2) is 106 Å². The molecule has 1 aromatic heterocycles.